The summed E-state index contributed by atoms with van der Waals surface area (Å²) in [5, 5.41) is 5.36. The number of alkyl carbamates (subject to hydrolysis) is 2. The van der Waals surface area contributed by atoms with E-state index in [1.165, 1.54) is 14.2 Å². The quantitative estimate of drug-likeness (QED) is 0.0992. The number of H-pyrrole nitrogens is 2. The fourth-order valence-corrected chi connectivity index (χ4v) is 7.90. The van der Waals surface area contributed by atoms with E-state index in [9.17, 15) is 19.2 Å². The highest BCUT2D eigenvalue weighted by atomic mass is 79.9. The molecule has 56 heavy (non-hydrogen) atoms. The first kappa shape index (κ1) is 42.4. The molecule has 2 aromatic heterocycles. The van der Waals surface area contributed by atoms with E-state index in [0.29, 0.717) is 29.3 Å². The Labute approximate surface area is 344 Å². The third-order valence-corrected chi connectivity index (χ3v) is 11.0. The number of nitrogens with one attached hydrogen (secondary N) is 4. The molecule has 5 rings (SSSR count). The number of halogens is 2. The Bertz CT molecular complexity index is 2000. The molecule has 14 nitrogen and oxygen atoms in total. The van der Waals surface area contributed by atoms with Gasteiger partial charge in [0.25, 0.3) is 0 Å². The monoisotopic (exact) mass is 896 g/mol. The molecule has 0 aliphatic carbocycles. The molecule has 4 aromatic rings. The van der Waals surface area contributed by atoms with Crippen LogP contribution in [0, 0.1) is 11.8 Å². The van der Waals surface area contributed by atoms with Gasteiger partial charge in [-0.05, 0) is 74.1 Å². The number of hydrogen-bond donors (Lipinski definition) is 4. The molecule has 3 heterocycles. The van der Waals surface area contributed by atoms with E-state index in [1.807, 2.05) is 83.1 Å². The van der Waals surface area contributed by atoms with Crippen LogP contribution < -0.4 is 10.6 Å². The Morgan fingerprint density at radius 1 is 0.804 bits per heavy atom. The lowest BCUT2D eigenvalue weighted by atomic mass is 10.0. The van der Waals surface area contributed by atoms with Crippen molar-refractivity contribution < 1.29 is 28.7 Å². The first-order valence-electron chi connectivity index (χ1n) is 18.7. The average Bonchev–Trinajstić information content (AvgIpc) is 3.93. The smallest absolute Gasteiger partial charge is 0.407 e. The van der Waals surface area contributed by atoms with Crippen LogP contribution in [-0.2, 0) is 25.6 Å². The van der Waals surface area contributed by atoms with Crippen molar-refractivity contribution in [3.05, 3.63) is 69.4 Å². The van der Waals surface area contributed by atoms with Crippen molar-refractivity contribution in [3.8, 4) is 33.6 Å². The Balaban J connectivity index is 1.28. The maximum atomic E-state index is 13.6. The molecule has 0 saturated carbocycles. The summed E-state index contributed by atoms with van der Waals surface area (Å²) >= 11 is 7.28. The van der Waals surface area contributed by atoms with Gasteiger partial charge in [-0.25, -0.2) is 19.6 Å². The number of aromatic amines is 2. The van der Waals surface area contributed by atoms with Crippen molar-refractivity contribution in [3.63, 3.8) is 0 Å². The summed E-state index contributed by atoms with van der Waals surface area (Å²) in [5.41, 5.74) is 5.31. The Kier molecular flexibility index (Phi) is 14.4. The molecular formula is C40H50Br2N8O6. The molecule has 1 saturated heterocycles. The number of methoxy groups -OCH3 is 2. The largest absolute Gasteiger partial charge is 0.453 e. The number of carbonyl (C=O) groups is 4. The van der Waals surface area contributed by atoms with Crippen LogP contribution in [0.4, 0.5) is 9.59 Å². The van der Waals surface area contributed by atoms with E-state index in [2.05, 4.69) is 52.5 Å². The minimum atomic E-state index is -0.728. The van der Waals surface area contributed by atoms with E-state index in [0.717, 1.165) is 57.5 Å². The van der Waals surface area contributed by atoms with Gasteiger partial charge in [0.2, 0.25) is 11.8 Å². The molecular weight excluding hydrogens is 848 g/mol. The van der Waals surface area contributed by atoms with Crippen molar-refractivity contribution in [1.29, 1.82) is 0 Å². The minimum Gasteiger partial charge on any atom is -0.453 e. The van der Waals surface area contributed by atoms with Gasteiger partial charge in [0.1, 0.15) is 44.3 Å². The van der Waals surface area contributed by atoms with Crippen molar-refractivity contribution in [2.24, 2.45) is 11.8 Å². The highest BCUT2D eigenvalue weighted by Crippen LogP contribution is 2.36. The van der Waals surface area contributed by atoms with E-state index in [4.69, 9.17) is 19.4 Å². The number of imidazole rings is 2. The van der Waals surface area contributed by atoms with Gasteiger partial charge in [-0.3, -0.25) is 9.59 Å². The molecule has 0 radical (unpaired) electrons. The molecule has 0 spiro atoms. The molecule has 1 aliphatic rings. The SMILES string of the molecule is CCCN(Cc1nc(-c2ccc(-c3ccc(-c4nc([C@@H]5CCCN5C(=O)[C@@H](NC(=O)OC)C(C)C)[nH]c4Br)cc3)cc2)c(Br)[nH]1)C(=O)[C@@H](NC(=O)OC)C(C)C. The second-order valence-corrected chi connectivity index (χ2v) is 16.0. The van der Waals surface area contributed by atoms with Crippen LogP contribution in [0.25, 0.3) is 33.6 Å². The van der Waals surface area contributed by atoms with Crippen molar-refractivity contribution in [2.45, 2.75) is 78.6 Å². The molecule has 3 atom stereocenters. The van der Waals surface area contributed by atoms with Gasteiger partial charge in [-0.15, -0.1) is 0 Å². The number of carbonyl (C=O) groups excluding carboxylic acids is 4. The van der Waals surface area contributed by atoms with Gasteiger partial charge >= 0.3 is 12.2 Å². The summed E-state index contributed by atoms with van der Waals surface area (Å²) in [6.45, 7) is 10.9. The summed E-state index contributed by atoms with van der Waals surface area (Å²) in [5.74, 6) is 0.688. The highest BCUT2D eigenvalue weighted by molar-refractivity contribution is 9.10. The van der Waals surface area contributed by atoms with Crippen LogP contribution >= 0.6 is 31.9 Å². The Morgan fingerprint density at radius 3 is 1.82 bits per heavy atom. The summed E-state index contributed by atoms with van der Waals surface area (Å²) in [7, 11) is 2.56. The van der Waals surface area contributed by atoms with Gasteiger partial charge in [0, 0.05) is 24.2 Å². The molecule has 0 bridgehead atoms. The topological polar surface area (TPSA) is 175 Å². The molecule has 0 unspecified atom stereocenters. The second kappa shape index (κ2) is 19.0. The van der Waals surface area contributed by atoms with Crippen molar-refractivity contribution in [2.75, 3.05) is 27.3 Å². The molecule has 4 amide bonds. The highest BCUT2D eigenvalue weighted by Gasteiger charge is 2.38. The molecule has 2 aromatic carbocycles. The molecule has 1 fully saturated rings. The molecule has 16 heteroatoms. The normalized spacial score (nSPS) is 15.1. The third kappa shape index (κ3) is 9.81. The van der Waals surface area contributed by atoms with E-state index < -0.39 is 24.3 Å². The average molecular weight is 899 g/mol. The third-order valence-electron chi connectivity index (χ3n) is 9.82. The lowest BCUT2D eigenvalue weighted by molar-refractivity contribution is -0.136. The molecule has 4 N–H and O–H groups in total. The standard InChI is InChI=1S/C40H50Br2N8O6/c1-8-19-49(37(51)30(22(2)3)46-39(53)55-6)21-29-43-32(34(41)44-29)26-15-11-24(12-16-26)25-13-17-27(18-14-25)33-35(42)48-36(45-33)28-10-9-20-50(28)38(52)31(23(4)5)47-40(54)56-7/h11-18,22-23,28,30-31H,8-10,19-21H2,1-7H3,(H,43,44)(H,45,48)(H,46,53)(H,47,54)/t28-,30-,31-/m0/s1. The lowest BCUT2D eigenvalue weighted by Gasteiger charge is -2.29. The van der Waals surface area contributed by atoms with Crippen LogP contribution in [0.2, 0.25) is 0 Å². The van der Waals surface area contributed by atoms with E-state index in [-0.39, 0.29) is 36.2 Å². The number of likely N-dealkylation sites (tertiary alicyclic amines) is 1. The van der Waals surface area contributed by atoms with Crippen LogP contribution in [-0.4, -0.2) is 93.1 Å². The van der Waals surface area contributed by atoms with Crippen molar-refractivity contribution in [1.82, 2.24) is 40.4 Å². The Hall–Kier alpha value is -4.70. The van der Waals surface area contributed by atoms with Crippen LogP contribution in [0.1, 0.15) is 71.6 Å². The van der Waals surface area contributed by atoms with Gasteiger partial charge < -0.3 is 39.9 Å². The zero-order chi connectivity index (χ0) is 40.7. The van der Waals surface area contributed by atoms with Crippen LogP contribution in [0.15, 0.2) is 57.7 Å². The van der Waals surface area contributed by atoms with Crippen LogP contribution in [0.3, 0.4) is 0 Å². The molecule has 300 valence electrons. The van der Waals surface area contributed by atoms with Gasteiger partial charge in [0.15, 0.2) is 0 Å². The number of rotatable bonds is 14. The first-order valence-corrected chi connectivity index (χ1v) is 20.3. The lowest BCUT2D eigenvalue weighted by Crippen LogP contribution is -2.51. The van der Waals surface area contributed by atoms with Gasteiger partial charge in [0.05, 0.1) is 26.8 Å². The van der Waals surface area contributed by atoms with Crippen molar-refractivity contribution >= 4 is 55.9 Å². The summed E-state index contributed by atoms with van der Waals surface area (Å²) in [6.07, 6.45) is 1.04. The second-order valence-electron chi connectivity index (χ2n) is 14.5. The predicted octanol–water partition coefficient (Wildman–Crippen LogP) is 7.82. The van der Waals surface area contributed by atoms with Crippen LogP contribution in [0.5, 0.6) is 0 Å². The van der Waals surface area contributed by atoms with Gasteiger partial charge in [-0.1, -0.05) is 83.1 Å². The maximum Gasteiger partial charge on any atom is 0.407 e. The first-order chi connectivity index (χ1) is 26.8. The summed E-state index contributed by atoms with van der Waals surface area (Å²) in [6, 6.07) is 14.5. The fraction of sp³-hybridized carbons (Fsp3) is 0.450. The van der Waals surface area contributed by atoms with E-state index in [1.54, 1.807) is 9.80 Å². The summed E-state index contributed by atoms with van der Waals surface area (Å²) in [4.78, 5) is 70.9. The number of benzene rings is 2. The predicted molar refractivity (Wildman–Crippen MR) is 220 cm³/mol. The van der Waals surface area contributed by atoms with E-state index >= 15 is 0 Å². The zero-order valence-electron chi connectivity index (χ0n) is 32.7. The Morgan fingerprint density at radius 2 is 1.30 bits per heavy atom. The number of aromatic nitrogens is 4. The van der Waals surface area contributed by atoms with Gasteiger partial charge in [-0.2, -0.15) is 0 Å². The minimum absolute atomic E-state index is 0.121. The number of ether oxygens (including phenoxy) is 2. The maximum absolute atomic E-state index is 13.6. The summed E-state index contributed by atoms with van der Waals surface area (Å²) < 4.78 is 10.9. The fourth-order valence-electron chi connectivity index (χ4n) is 6.83. The number of hydrogen-bond acceptors (Lipinski definition) is 8. The zero-order valence-corrected chi connectivity index (χ0v) is 35.9. The molecule has 1 aliphatic heterocycles. The number of amides is 4. The number of nitrogens with zero attached hydrogens (tertiary/aromatic N) is 4.